The molecule has 1 aromatic heterocycles. The SMILES string of the molecule is NC=O.NCCCCCN/C=C\C(N)c1cc(Cl)c(Cl)c2[nH]c3c(c12)CN(C(=O)CO)CC3. The average Bonchev–Trinajstić information content (AvgIpc) is 3.19. The summed E-state index contributed by atoms with van der Waals surface area (Å²) in [5.41, 5.74) is 19.7. The molecule has 0 radical (unpaired) electrons. The lowest BCUT2D eigenvalue weighted by Gasteiger charge is -2.27. The number of nitrogens with one attached hydrogen (secondary N) is 2. The predicted molar refractivity (Wildman–Crippen MR) is 132 cm³/mol. The molecule has 1 aliphatic rings. The molecule has 3 rings (SSSR count). The number of aliphatic hydroxyl groups excluding tert-OH is 1. The van der Waals surface area contributed by atoms with E-state index in [4.69, 9.17) is 39.5 Å². The van der Waals surface area contributed by atoms with Crippen LogP contribution in [0.4, 0.5) is 0 Å². The molecule has 0 bridgehead atoms. The molecule has 1 unspecified atom stereocenters. The fourth-order valence-electron chi connectivity index (χ4n) is 3.85. The molecule has 1 aromatic carbocycles. The number of aliphatic hydroxyl groups is 1. The molecule has 182 valence electrons. The molecule has 0 saturated carbocycles. The highest BCUT2D eigenvalue weighted by atomic mass is 35.5. The van der Waals surface area contributed by atoms with E-state index in [2.05, 4.69) is 16.0 Å². The van der Waals surface area contributed by atoms with Crippen molar-refractivity contribution < 1.29 is 14.7 Å². The van der Waals surface area contributed by atoms with Crippen LogP contribution in [0.2, 0.25) is 10.0 Å². The van der Waals surface area contributed by atoms with E-state index in [0.29, 0.717) is 29.6 Å². The van der Waals surface area contributed by atoms with E-state index < -0.39 is 12.6 Å². The van der Waals surface area contributed by atoms with Crippen LogP contribution in [0, 0.1) is 0 Å². The van der Waals surface area contributed by atoms with Gasteiger partial charge < -0.3 is 37.5 Å². The van der Waals surface area contributed by atoms with Crippen molar-refractivity contribution in [1.29, 1.82) is 0 Å². The Morgan fingerprint density at radius 3 is 2.73 bits per heavy atom. The van der Waals surface area contributed by atoms with Gasteiger partial charge in [0.2, 0.25) is 12.3 Å². The molecule has 1 aliphatic heterocycles. The molecule has 33 heavy (non-hydrogen) atoms. The van der Waals surface area contributed by atoms with Crippen LogP contribution in [0.15, 0.2) is 18.3 Å². The number of unbranched alkanes of at least 4 members (excludes halogenated alkanes) is 2. The molecule has 9 nitrogen and oxygen atoms in total. The first-order valence-corrected chi connectivity index (χ1v) is 11.6. The van der Waals surface area contributed by atoms with Crippen LogP contribution in [-0.2, 0) is 22.6 Å². The summed E-state index contributed by atoms with van der Waals surface area (Å²) in [6, 6.07) is 1.39. The molecule has 0 fully saturated rings. The summed E-state index contributed by atoms with van der Waals surface area (Å²) >= 11 is 12.9. The fraction of sp³-hybridized carbons (Fsp3) is 0.455. The molecule has 2 amide bonds. The van der Waals surface area contributed by atoms with Gasteiger partial charge in [-0.25, -0.2) is 0 Å². The number of carbonyl (C=O) groups excluding carboxylic acids is 2. The number of aromatic amines is 1. The maximum Gasteiger partial charge on any atom is 0.248 e. The van der Waals surface area contributed by atoms with Gasteiger partial charge in [-0.15, -0.1) is 0 Å². The van der Waals surface area contributed by atoms with Gasteiger partial charge in [-0.1, -0.05) is 29.6 Å². The highest BCUT2D eigenvalue weighted by Gasteiger charge is 2.27. The Labute approximate surface area is 203 Å². The standard InChI is InChI=1S/C21H29Cl2N5O2.CH3NO/c22-15-10-13(16(25)4-8-26-7-3-1-2-6-24)19-14-11-28(18(30)12-29)9-5-17(14)27-21(19)20(15)23;2-1-3/h4,8,10,16,26-27,29H,1-3,5-7,9,11-12,24-25H2;1H,(H2,2,3)/b8-4-;. The zero-order valence-electron chi connectivity index (χ0n) is 18.4. The number of carbonyl (C=O) groups is 2. The minimum atomic E-state index is -0.504. The van der Waals surface area contributed by atoms with Crippen molar-refractivity contribution >= 4 is 46.4 Å². The van der Waals surface area contributed by atoms with Crippen LogP contribution in [0.3, 0.4) is 0 Å². The number of H-pyrrole nitrogens is 1. The maximum atomic E-state index is 12.0. The Morgan fingerprint density at radius 2 is 2.06 bits per heavy atom. The summed E-state index contributed by atoms with van der Waals surface area (Å²) in [5.74, 6) is -0.292. The minimum Gasteiger partial charge on any atom is -0.391 e. The zero-order valence-corrected chi connectivity index (χ0v) is 20.0. The largest absolute Gasteiger partial charge is 0.391 e. The number of primary amides is 1. The third-order valence-corrected chi connectivity index (χ3v) is 6.25. The van der Waals surface area contributed by atoms with Gasteiger partial charge in [-0.3, -0.25) is 9.59 Å². The molecule has 1 atom stereocenters. The van der Waals surface area contributed by atoms with Crippen LogP contribution in [0.25, 0.3) is 10.9 Å². The average molecular weight is 499 g/mol. The Bertz CT molecular complexity index is 979. The summed E-state index contributed by atoms with van der Waals surface area (Å²) in [6.07, 6.45) is 7.82. The van der Waals surface area contributed by atoms with Gasteiger partial charge in [0.25, 0.3) is 0 Å². The second kappa shape index (κ2) is 13.4. The van der Waals surface area contributed by atoms with Crippen molar-refractivity contribution in [2.24, 2.45) is 17.2 Å². The van der Waals surface area contributed by atoms with Crippen molar-refractivity contribution in [2.45, 2.75) is 38.3 Å². The number of amides is 2. The number of halogens is 2. The van der Waals surface area contributed by atoms with Gasteiger partial charge in [-0.2, -0.15) is 0 Å². The van der Waals surface area contributed by atoms with E-state index >= 15 is 0 Å². The second-order valence-electron chi connectivity index (χ2n) is 7.64. The number of benzene rings is 1. The van der Waals surface area contributed by atoms with Gasteiger partial charge in [-0.05, 0) is 43.3 Å². The minimum absolute atomic E-state index is 0.250. The van der Waals surface area contributed by atoms with E-state index in [1.807, 2.05) is 12.3 Å². The highest BCUT2D eigenvalue weighted by Crippen LogP contribution is 2.40. The molecule has 2 aromatic rings. The summed E-state index contributed by atoms with van der Waals surface area (Å²) in [7, 11) is 0. The second-order valence-corrected chi connectivity index (χ2v) is 8.43. The Morgan fingerprint density at radius 1 is 1.33 bits per heavy atom. The first-order valence-electron chi connectivity index (χ1n) is 10.8. The van der Waals surface area contributed by atoms with Crippen LogP contribution in [-0.4, -0.2) is 53.5 Å². The lowest BCUT2D eigenvalue weighted by Crippen LogP contribution is -2.37. The number of aromatic nitrogens is 1. The third-order valence-electron chi connectivity index (χ3n) is 5.47. The smallest absolute Gasteiger partial charge is 0.248 e. The monoisotopic (exact) mass is 498 g/mol. The van der Waals surface area contributed by atoms with Gasteiger partial charge in [0.1, 0.15) is 6.61 Å². The van der Waals surface area contributed by atoms with Gasteiger partial charge >= 0.3 is 0 Å². The molecule has 9 N–H and O–H groups in total. The highest BCUT2D eigenvalue weighted by molar-refractivity contribution is 6.45. The van der Waals surface area contributed by atoms with E-state index in [0.717, 1.165) is 60.1 Å². The van der Waals surface area contributed by atoms with Crippen molar-refractivity contribution in [3.8, 4) is 0 Å². The van der Waals surface area contributed by atoms with E-state index in [9.17, 15) is 9.90 Å². The van der Waals surface area contributed by atoms with Crippen LogP contribution >= 0.6 is 23.2 Å². The van der Waals surface area contributed by atoms with Crippen LogP contribution in [0.5, 0.6) is 0 Å². The first kappa shape index (κ1) is 26.9. The zero-order chi connectivity index (χ0) is 24.4. The molecule has 0 aliphatic carbocycles. The number of hydrogen-bond donors (Lipinski definition) is 6. The van der Waals surface area contributed by atoms with Crippen LogP contribution in [0.1, 0.15) is 42.1 Å². The fourth-order valence-corrected chi connectivity index (χ4v) is 4.26. The van der Waals surface area contributed by atoms with E-state index in [-0.39, 0.29) is 12.3 Å². The number of fused-ring (bicyclic) bond motifs is 3. The number of nitrogens with zero attached hydrogens (tertiary/aromatic N) is 1. The number of nitrogens with two attached hydrogens (primary N) is 3. The normalized spacial score (nSPS) is 14.0. The first-order chi connectivity index (χ1) is 15.9. The molecule has 0 saturated heterocycles. The third kappa shape index (κ3) is 6.84. The number of rotatable bonds is 9. The van der Waals surface area contributed by atoms with Crippen molar-refractivity contribution in [3.05, 3.63) is 45.2 Å². The predicted octanol–water partition coefficient (Wildman–Crippen LogP) is 1.69. The molecule has 0 spiro atoms. The van der Waals surface area contributed by atoms with Crippen LogP contribution < -0.4 is 22.5 Å². The van der Waals surface area contributed by atoms with E-state index in [1.165, 1.54) is 0 Å². The number of hydrogen-bond acceptors (Lipinski definition) is 6. The lowest BCUT2D eigenvalue weighted by molar-refractivity contribution is -0.135. The maximum absolute atomic E-state index is 12.0. The molecule has 11 heteroatoms. The summed E-state index contributed by atoms with van der Waals surface area (Å²) in [4.78, 5) is 25.6. The van der Waals surface area contributed by atoms with Gasteiger partial charge in [0, 0.05) is 42.7 Å². The topological polar surface area (TPSA) is 163 Å². The Hall–Kier alpha value is -2.30. The molecular weight excluding hydrogens is 467 g/mol. The summed E-state index contributed by atoms with van der Waals surface area (Å²) in [5, 5.41) is 14.3. The van der Waals surface area contributed by atoms with E-state index in [1.54, 1.807) is 11.0 Å². The van der Waals surface area contributed by atoms with Crippen molar-refractivity contribution in [3.63, 3.8) is 0 Å². The van der Waals surface area contributed by atoms with Crippen molar-refractivity contribution in [1.82, 2.24) is 15.2 Å². The molecular formula is C22H32Cl2N6O3. The Kier molecular flexibility index (Phi) is 11.0. The summed E-state index contributed by atoms with van der Waals surface area (Å²) < 4.78 is 0. The van der Waals surface area contributed by atoms with Gasteiger partial charge in [0.15, 0.2) is 0 Å². The quantitative estimate of drug-likeness (QED) is 0.227. The van der Waals surface area contributed by atoms with Gasteiger partial charge in [0.05, 0.1) is 21.6 Å². The Balaban J connectivity index is 0.00000122. The summed E-state index contributed by atoms with van der Waals surface area (Å²) in [6.45, 7) is 2.01. The van der Waals surface area contributed by atoms with Crippen molar-refractivity contribution in [2.75, 3.05) is 26.2 Å². The lowest BCUT2D eigenvalue weighted by atomic mass is 9.96. The molecule has 2 heterocycles.